The van der Waals surface area contributed by atoms with E-state index in [2.05, 4.69) is 10.1 Å². The van der Waals surface area contributed by atoms with E-state index in [1.807, 2.05) is 0 Å². The molecule has 2 heterocycles. The van der Waals surface area contributed by atoms with Gasteiger partial charge >= 0.3 is 12.4 Å². The van der Waals surface area contributed by atoms with E-state index in [9.17, 15) is 31.1 Å². The van der Waals surface area contributed by atoms with E-state index in [-0.39, 0.29) is 33.1 Å². The van der Waals surface area contributed by atoms with Crippen molar-refractivity contribution in [3.63, 3.8) is 0 Å². The number of rotatable bonds is 6. The van der Waals surface area contributed by atoms with Crippen LogP contribution in [0.1, 0.15) is 34.0 Å². The second-order valence-electron chi connectivity index (χ2n) is 7.86. The van der Waals surface area contributed by atoms with Gasteiger partial charge in [-0.25, -0.2) is 4.68 Å². The van der Waals surface area contributed by atoms with Gasteiger partial charge in [0.2, 0.25) is 0 Å². The zero-order chi connectivity index (χ0) is 26.1. The zero-order valence-corrected chi connectivity index (χ0v) is 18.9. The van der Waals surface area contributed by atoms with Gasteiger partial charge in [-0.05, 0) is 29.8 Å². The highest BCUT2D eigenvalue weighted by molar-refractivity contribution is 6.32. The standard InChI is InChI=1S/C25H16ClF6N3O/c26-19-5-1-2-6-20(19)35-21(13-23(34-35)25(30,31)32)15-7-9-16(10-8-15)22(36)12-18(24(27,28)29)17-4-3-11-33-14-17/h1-11,13-14,18H,12H2. The van der Waals surface area contributed by atoms with E-state index in [1.54, 1.807) is 12.1 Å². The molecule has 0 saturated heterocycles. The Morgan fingerprint density at radius 1 is 0.944 bits per heavy atom. The van der Waals surface area contributed by atoms with Crippen molar-refractivity contribution in [1.29, 1.82) is 0 Å². The van der Waals surface area contributed by atoms with Crippen molar-refractivity contribution in [3.05, 3.63) is 101 Å². The molecule has 0 N–H and O–H groups in total. The minimum absolute atomic E-state index is 0.0169. The lowest BCUT2D eigenvalue weighted by Gasteiger charge is -2.19. The molecule has 0 bridgehead atoms. The molecule has 11 heteroatoms. The molecule has 1 atom stereocenters. The second kappa shape index (κ2) is 9.77. The highest BCUT2D eigenvalue weighted by Crippen LogP contribution is 2.38. The topological polar surface area (TPSA) is 47.8 Å². The maximum Gasteiger partial charge on any atom is 0.435 e. The number of para-hydroxylation sites is 1. The third kappa shape index (κ3) is 5.43. The Kier molecular flexibility index (Phi) is 6.90. The number of carbonyl (C=O) groups excluding carboxylic acids is 1. The number of alkyl halides is 6. The number of carbonyl (C=O) groups is 1. The Morgan fingerprint density at radius 3 is 2.22 bits per heavy atom. The Morgan fingerprint density at radius 2 is 1.64 bits per heavy atom. The summed E-state index contributed by atoms with van der Waals surface area (Å²) >= 11 is 6.16. The molecule has 0 aliphatic heterocycles. The molecular weight excluding hydrogens is 508 g/mol. The maximum absolute atomic E-state index is 13.6. The Bertz CT molecular complexity index is 1370. The fraction of sp³-hybridized carbons (Fsp3) is 0.160. The van der Waals surface area contributed by atoms with Crippen LogP contribution in [0.3, 0.4) is 0 Å². The first-order valence-electron chi connectivity index (χ1n) is 10.5. The van der Waals surface area contributed by atoms with Gasteiger partial charge in [0.15, 0.2) is 11.5 Å². The number of nitrogens with zero attached hydrogens (tertiary/aromatic N) is 3. The summed E-state index contributed by atoms with van der Waals surface area (Å²) in [4.78, 5) is 16.4. The zero-order valence-electron chi connectivity index (χ0n) is 18.2. The first-order valence-corrected chi connectivity index (χ1v) is 10.9. The number of benzene rings is 2. The summed E-state index contributed by atoms with van der Waals surface area (Å²) in [6.45, 7) is 0. The molecule has 4 rings (SSSR count). The van der Waals surface area contributed by atoms with Crippen LogP contribution in [0.2, 0.25) is 5.02 Å². The SMILES string of the molecule is O=C(CC(c1cccnc1)C(F)(F)F)c1ccc(-c2cc(C(F)(F)F)nn2-c2ccccc2Cl)cc1. The second-order valence-corrected chi connectivity index (χ2v) is 8.27. The number of Topliss-reactive ketones (excluding diaryl/α,β-unsaturated/α-hetero) is 1. The van der Waals surface area contributed by atoms with Gasteiger partial charge in [0, 0.05) is 29.9 Å². The molecular formula is C25H16ClF6N3O. The molecule has 2 aromatic carbocycles. The van der Waals surface area contributed by atoms with E-state index in [4.69, 9.17) is 11.6 Å². The van der Waals surface area contributed by atoms with E-state index < -0.39 is 36.2 Å². The van der Waals surface area contributed by atoms with Gasteiger partial charge in [0.1, 0.15) is 0 Å². The van der Waals surface area contributed by atoms with Crippen LogP contribution in [0.4, 0.5) is 26.3 Å². The quantitative estimate of drug-likeness (QED) is 0.194. The average Bonchev–Trinajstić information content (AvgIpc) is 3.28. The first kappa shape index (κ1) is 25.4. The Hall–Kier alpha value is -3.66. The smallest absolute Gasteiger partial charge is 0.294 e. The highest BCUT2D eigenvalue weighted by Gasteiger charge is 2.42. The predicted octanol–water partition coefficient (Wildman–Crippen LogP) is 7.53. The molecule has 186 valence electrons. The largest absolute Gasteiger partial charge is 0.435 e. The van der Waals surface area contributed by atoms with Gasteiger partial charge in [-0.3, -0.25) is 9.78 Å². The van der Waals surface area contributed by atoms with Crippen LogP contribution in [0.5, 0.6) is 0 Å². The molecule has 0 fully saturated rings. The lowest BCUT2D eigenvalue weighted by molar-refractivity contribution is -0.149. The van der Waals surface area contributed by atoms with Crippen molar-refractivity contribution in [3.8, 4) is 16.9 Å². The van der Waals surface area contributed by atoms with Gasteiger partial charge in [-0.1, -0.05) is 54.1 Å². The molecule has 36 heavy (non-hydrogen) atoms. The van der Waals surface area contributed by atoms with Crippen LogP contribution in [0.15, 0.2) is 79.1 Å². The van der Waals surface area contributed by atoms with Crippen molar-refractivity contribution in [2.75, 3.05) is 0 Å². The van der Waals surface area contributed by atoms with Gasteiger partial charge < -0.3 is 0 Å². The van der Waals surface area contributed by atoms with Crippen molar-refractivity contribution >= 4 is 17.4 Å². The minimum Gasteiger partial charge on any atom is -0.294 e. The number of aromatic nitrogens is 3. The third-order valence-corrected chi connectivity index (χ3v) is 5.77. The molecule has 0 aliphatic carbocycles. The summed E-state index contributed by atoms with van der Waals surface area (Å²) in [6.07, 6.45) is -7.86. The maximum atomic E-state index is 13.6. The Labute approximate surface area is 206 Å². The van der Waals surface area contributed by atoms with E-state index in [0.717, 1.165) is 16.9 Å². The van der Waals surface area contributed by atoms with Crippen LogP contribution in [0, 0.1) is 0 Å². The minimum atomic E-state index is -4.73. The van der Waals surface area contributed by atoms with Gasteiger partial charge in [-0.2, -0.15) is 31.4 Å². The van der Waals surface area contributed by atoms with E-state index >= 15 is 0 Å². The van der Waals surface area contributed by atoms with Crippen molar-refractivity contribution in [2.24, 2.45) is 0 Å². The highest BCUT2D eigenvalue weighted by atomic mass is 35.5. The summed E-state index contributed by atoms with van der Waals surface area (Å²) in [5, 5.41) is 3.82. The number of halogens is 7. The molecule has 4 aromatic rings. The van der Waals surface area contributed by atoms with Crippen LogP contribution in [-0.2, 0) is 6.18 Å². The summed E-state index contributed by atoms with van der Waals surface area (Å²) in [5.74, 6) is -2.82. The van der Waals surface area contributed by atoms with Gasteiger partial charge in [0.05, 0.1) is 22.3 Å². The number of hydrogen-bond acceptors (Lipinski definition) is 3. The third-order valence-electron chi connectivity index (χ3n) is 5.45. The summed E-state index contributed by atoms with van der Waals surface area (Å²) in [7, 11) is 0. The predicted molar refractivity (Wildman–Crippen MR) is 121 cm³/mol. The van der Waals surface area contributed by atoms with Crippen LogP contribution >= 0.6 is 11.6 Å². The monoisotopic (exact) mass is 523 g/mol. The lowest BCUT2D eigenvalue weighted by Crippen LogP contribution is -2.24. The van der Waals surface area contributed by atoms with Crippen molar-refractivity contribution in [1.82, 2.24) is 14.8 Å². The summed E-state index contributed by atoms with van der Waals surface area (Å²) in [6, 6.07) is 14.9. The average molecular weight is 524 g/mol. The molecule has 0 spiro atoms. The molecule has 0 aliphatic rings. The first-order chi connectivity index (χ1) is 16.9. The Balaban J connectivity index is 1.66. The number of hydrogen-bond donors (Lipinski definition) is 0. The normalized spacial score (nSPS) is 13.0. The van der Waals surface area contributed by atoms with Crippen LogP contribution < -0.4 is 0 Å². The summed E-state index contributed by atoms with van der Waals surface area (Å²) < 4.78 is 82.0. The number of pyridine rings is 1. The molecule has 4 nitrogen and oxygen atoms in total. The fourth-order valence-corrected chi connectivity index (χ4v) is 3.88. The van der Waals surface area contributed by atoms with Crippen LogP contribution in [0.25, 0.3) is 16.9 Å². The molecule has 0 amide bonds. The van der Waals surface area contributed by atoms with Crippen molar-refractivity contribution in [2.45, 2.75) is 24.7 Å². The van der Waals surface area contributed by atoms with Crippen LogP contribution in [-0.4, -0.2) is 26.7 Å². The number of ketones is 1. The van der Waals surface area contributed by atoms with Gasteiger partial charge in [0.25, 0.3) is 0 Å². The fourth-order valence-electron chi connectivity index (χ4n) is 3.67. The molecule has 2 aromatic heterocycles. The van der Waals surface area contributed by atoms with E-state index in [1.165, 1.54) is 54.7 Å². The van der Waals surface area contributed by atoms with E-state index in [0.29, 0.717) is 0 Å². The molecule has 1 unspecified atom stereocenters. The van der Waals surface area contributed by atoms with Crippen molar-refractivity contribution < 1.29 is 31.1 Å². The van der Waals surface area contributed by atoms with Gasteiger partial charge in [-0.15, -0.1) is 0 Å². The lowest BCUT2D eigenvalue weighted by atomic mass is 9.91. The summed E-state index contributed by atoms with van der Waals surface area (Å²) in [5.41, 5.74) is -0.807. The molecule has 0 saturated carbocycles. The molecule has 0 radical (unpaired) electrons.